The molecule has 0 spiro atoms. The molecular weight excluding hydrogens is 175 g/mol. The molecule has 1 rings (SSSR count). The molecule has 1 aromatic carbocycles. The van der Waals surface area contributed by atoms with Crippen LogP contribution in [0.2, 0.25) is 5.02 Å². The summed E-state index contributed by atoms with van der Waals surface area (Å²) in [5, 5.41) is 0.658. The van der Waals surface area contributed by atoms with Gasteiger partial charge in [-0.2, -0.15) is 0 Å². The van der Waals surface area contributed by atoms with Gasteiger partial charge in [-0.15, -0.1) is 0 Å². The molecule has 1 atom stereocenters. The van der Waals surface area contributed by atoms with E-state index in [1.54, 1.807) is 6.07 Å². The normalized spacial score (nSPS) is 13.0. The highest BCUT2D eigenvalue weighted by atomic mass is 35.5. The van der Waals surface area contributed by atoms with Crippen molar-refractivity contribution in [3.8, 4) is 0 Å². The third-order valence-electron chi connectivity index (χ3n) is 2.10. The predicted octanol–water partition coefficient (Wildman–Crippen LogP) is 3.99. The van der Waals surface area contributed by atoms with Crippen LogP contribution in [0.5, 0.6) is 0 Å². The quantitative estimate of drug-likeness (QED) is 0.655. The molecule has 0 radical (unpaired) electrons. The van der Waals surface area contributed by atoms with E-state index < -0.39 is 0 Å². The van der Waals surface area contributed by atoms with E-state index in [-0.39, 0.29) is 5.82 Å². The summed E-state index contributed by atoms with van der Waals surface area (Å²) in [6.07, 6.45) is 0.975. The van der Waals surface area contributed by atoms with Gasteiger partial charge in [-0.05, 0) is 36.1 Å². The fraction of sp³-hybridized carbons (Fsp3) is 0.400. The molecule has 0 nitrogen and oxygen atoms in total. The first kappa shape index (κ1) is 9.53. The van der Waals surface area contributed by atoms with Gasteiger partial charge in [0.25, 0.3) is 0 Å². The van der Waals surface area contributed by atoms with Crippen molar-refractivity contribution in [1.82, 2.24) is 0 Å². The minimum absolute atomic E-state index is 0.213. The van der Waals surface area contributed by atoms with Gasteiger partial charge in [-0.3, -0.25) is 0 Å². The summed E-state index contributed by atoms with van der Waals surface area (Å²) >= 11 is 5.90. The molecule has 0 saturated heterocycles. The third-order valence-corrected chi connectivity index (χ3v) is 2.45. The standard InChI is InChI=1S/C10H12ClF/c1-3-7(2)9-6-8(12)4-5-10(9)11/h4-7H,3H2,1-2H3. The van der Waals surface area contributed by atoms with Gasteiger partial charge in [0.15, 0.2) is 0 Å². The van der Waals surface area contributed by atoms with Crippen LogP contribution in [0.1, 0.15) is 31.7 Å². The van der Waals surface area contributed by atoms with E-state index in [2.05, 4.69) is 6.92 Å². The number of rotatable bonds is 2. The zero-order valence-electron chi connectivity index (χ0n) is 7.27. The number of hydrogen-bond acceptors (Lipinski definition) is 0. The molecule has 0 saturated carbocycles. The van der Waals surface area contributed by atoms with Crippen molar-refractivity contribution in [2.75, 3.05) is 0 Å². The first-order chi connectivity index (χ1) is 5.65. The highest BCUT2D eigenvalue weighted by Gasteiger charge is 2.08. The minimum Gasteiger partial charge on any atom is -0.207 e. The second kappa shape index (κ2) is 3.90. The zero-order valence-corrected chi connectivity index (χ0v) is 8.03. The largest absolute Gasteiger partial charge is 0.207 e. The number of hydrogen-bond donors (Lipinski definition) is 0. The second-order valence-electron chi connectivity index (χ2n) is 2.98. The summed E-state index contributed by atoms with van der Waals surface area (Å²) in [5.41, 5.74) is 0.902. The molecule has 1 aromatic rings. The average Bonchev–Trinajstić information content (AvgIpc) is 2.08. The van der Waals surface area contributed by atoms with Crippen LogP contribution in [0.15, 0.2) is 18.2 Å². The van der Waals surface area contributed by atoms with Crippen LogP contribution < -0.4 is 0 Å². The molecule has 0 aliphatic heterocycles. The topological polar surface area (TPSA) is 0 Å². The Bertz CT molecular complexity index is 271. The molecular formula is C10H12ClF. The molecule has 0 bridgehead atoms. The molecule has 0 N–H and O–H groups in total. The van der Waals surface area contributed by atoms with Crippen LogP contribution in [-0.2, 0) is 0 Å². The maximum atomic E-state index is 12.8. The van der Waals surface area contributed by atoms with Crippen LogP contribution >= 0.6 is 11.6 Å². The zero-order chi connectivity index (χ0) is 9.14. The van der Waals surface area contributed by atoms with Gasteiger partial charge in [0, 0.05) is 5.02 Å². The van der Waals surface area contributed by atoms with Crippen molar-refractivity contribution in [2.24, 2.45) is 0 Å². The average molecular weight is 187 g/mol. The van der Waals surface area contributed by atoms with Gasteiger partial charge >= 0.3 is 0 Å². The lowest BCUT2D eigenvalue weighted by Gasteiger charge is -2.10. The lowest BCUT2D eigenvalue weighted by Crippen LogP contribution is -1.93. The van der Waals surface area contributed by atoms with Gasteiger partial charge in [0.1, 0.15) is 5.82 Å². The van der Waals surface area contributed by atoms with Crippen LogP contribution in [0.25, 0.3) is 0 Å². The molecule has 66 valence electrons. The molecule has 0 heterocycles. The SMILES string of the molecule is CCC(C)c1cc(F)ccc1Cl. The van der Waals surface area contributed by atoms with Gasteiger partial charge < -0.3 is 0 Å². The van der Waals surface area contributed by atoms with Crippen molar-refractivity contribution in [2.45, 2.75) is 26.2 Å². The van der Waals surface area contributed by atoms with E-state index in [4.69, 9.17) is 11.6 Å². The summed E-state index contributed by atoms with van der Waals surface area (Å²) in [6, 6.07) is 4.50. The Balaban J connectivity index is 3.04. The molecule has 0 fully saturated rings. The highest BCUT2D eigenvalue weighted by molar-refractivity contribution is 6.31. The Morgan fingerprint density at radius 1 is 1.50 bits per heavy atom. The Hall–Kier alpha value is -0.560. The Labute approximate surface area is 77.4 Å². The van der Waals surface area contributed by atoms with Gasteiger partial charge in [-0.25, -0.2) is 4.39 Å². The van der Waals surface area contributed by atoms with Crippen LogP contribution in [0.3, 0.4) is 0 Å². The van der Waals surface area contributed by atoms with Gasteiger partial charge in [0.05, 0.1) is 0 Å². The summed E-state index contributed by atoms with van der Waals surface area (Å²) in [5.74, 6) is 0.114. The van der Waals surface area contributed by atoms with Crippen molar-refractivity contribution < 1.29 is 4.39 Å². The highest BCUT2D eigenvalue weighted by Crippen LogP contribution is 2.26. The number of halogens is 2. The van der Waals surface area contributed by atoms with E-state index in [0.29, 0.717) is 10.9 Å². The summed E-state index contributed by atoms with van der Waals surface area (Å²) in [4.78, 5) is 0. The summed E-state index contributed by atoms with van der Waals surface area (Å²) < 4.78 is 12.8. The number of benzene rings is 1. The maximum Gasteiger partial charge on any atom is 0.123 e. The Kier molecular flexibility index (Phi) is 3.10. The van der Waals surface area contributed by atoms with E-state index in [1.807, 2.05) is 6.92 Å². The van der Waals surface area contributed by atoms with Gasteiger partial charge in [0.2, 0.25) is 0 Å². The van der Waals surface area contributed by atoms with Crippen LogP contribution in [0.4, 0.5) is 4.39 Å². The molecule has 1 unspecified atom stereocenters. The van der Waals surface area contributed by atoms with Crippen molar-refractivity contribution in [3.05, 3.63) is 34.6 Å². The molecule has 2 heteroatoms. The van der Waals surface area contributed by atoms with E-state index in [1.165, 1.54) is 12.1 Å². The fourth-order valence-corrected chi connectivity index (χ4v) is 1.42. The smallest absolute Gasteiger partial charge is 0.123 e. The lowest BCUT2D eigenvalue weighted by atomic mass is 9.99. The molecule has 0 amide bonds. The molecule has 12 heavy (non-hydrogen) atoms. The molecule has 0 aliphatic rings. The third kappa shape index (κ3) is 1.98. The van der Waals surface area contributed by atoms with Crippen molar-refractivity contribution in [1.29, 1.82) is 0 Å². The monoisotopic (exact) mass is 186 g/mol. The van der Waals surface area contributed by atoms with Crippen LogP contribution in [0, 0.1) is 5.82 Å². The Morgan fingerprint density at radius 3 is 2.75 bits per heavy atom. The van der Waals surface area contributed by atoms with E-state index in [9.17, 15) is 4.39 Å². The first-order valence-corrected chi connectivity index (χ1v) is 4.48. The van der Waals surface area contributed by atoms with E-state index in [0.717, 1.165) is 12.0 Å². The Morgan fingerprint density at radius 2 is 2.17 bits per heavy atom. The molecule has 0 aliphatic carbocycles. The minimum atomic E-state index is -0.213. The second-order valence-corrected chi connectivity index (χ2v) is 3.38. The summed E-state index contributed by atoms with van der Waals surface area (Å²) in [6.45, 7) is 4.10. The fourth-order valence-electron chi connectivity index (χ4n) is 1.11. The maximum absolute atomic E-state index is 12.8. The molecule has 0 aromatic heterocycles. The van der Waals surface area contributed by atoms with Crippen LogP contribution in [-0.4, -0.2) is 0 Å². The van der Waals surface area contributed by atoms with Crippen molar-refractivity contribution >= 4 is 11.6 Å². The lowest BCUT2D eigenvalue weighted by molar-refractivity contribution is 0.620. The first-order valence-electron chi connectivity index (χ1n) is 4.10. The predicted molar refractivity (Wildman–Crippen MR) is 50.1 cm³/mol. The van der Waals surface area contributed by atoms with Gasteiger partial charge in [-0.1, -0.05) is 25.4 Å². The van der Waals surface area contributed by atoms with Crippen molar-refractivity contribution in [3.63, 3.8) is 0 Å². The summed E-state index contributed by atoms with van der Waals surface area (Å²) in [7, 11) is 0. The van der Waals surface area contributed by atoms with E-state index >= 15 is 0 Å².